The molecule has 118 valence electrons. The van der Waals surface area contributed by atoms with Gasteiger partial charge in [0, 0.05) is 6.04 Å². The zero-order valence-corrected chi connectivity index (χ0v) is 13.9. The number of ether oxygens (including phenoxy) is 2. The van der Waals surface area contributed by atoms with E-state index < -0.39 is 0 Å². The van der Waals surface area contributed by atoms with Crippen LogP contribution in [0.5, 0.6) is 0 Å². The Morgan fingerprint density at radius 2 is 1.55 bits per heavy atom. The van der Waals surface area contributed by atoms with Crippen molar-refractivity contribution >= 4 is 12.1 Å². The van der Waals surface area contributed by atoms with Crippen molar-refractivity contribution in [3.8, 4) is 0 Å². The smallest absolute Gasteiger partial charge is 0.410 e. The molecule has 0 aliphatic rings. The van der Waals surface area contributed by atoms with Crippen LogP contribution in [0.15, 0.2) is 0 Å². The molecule has 0 heterocycles. The van der Waals surface area contributed by atoms with E-state index in [-0.39, 0.29) is 36.0 Å². The second-order valence-corrected chi connectivity index (χ2v) is 6.09. The Bertz CT molecular complexity index is 320. The van der Waals surface area contributed by atoms with Gasteiger partial charge in [-0.05, 0) is 33.1 Å². The minimum Gasteiger partial charge on any atom is -0.466 e. The van der Waals surface area contributed by atoms with E-state index in [1.807, 2.05) is 34.6 Å². The number of esters is 1. The minimum absolute atomic E-state index is 0.0484. The van der Waals surface area contributed by atoms with E-state index in [2.05, 4.69) is 0 Å². The quantitative estimate of drug-likeness (QED) is 0.704. The third-order valence-corrected chi connectivity index (χ3v) is 3.04. The van der Waals surface area contributed by atoms with Gasteiger partial charge in [0.05, 0.1) is 25.7 Å². The molecular formula is C15H29NO4. The average Bonchev–Trinajstić information content (AvgIpc) is 2.27. The van der Waals surface area contributed by atoms with Crippen LogP contribution in [0, 0.1) is 5.41 Å². The first-order chi connectivity index (χ1) is 9.15. The minimum atomic E-state index is -0.383. The van der Waals surface area contributed by atoms with Gasteiger partial charge in [0.25, 0.3) is 0 Å². The molecule has 0 saturated heterocycles. The van der Waals surface area contributed by atoms with Gasteiger partial charge in [-0.15, -0.1) is 0 Å². The molecule has 0 aromatic heterocycles. The van der Waals surface area contributed by atoms with Crippen LogP contribution in [0.4, 0.5) is 4.79 Å². The van der Waals surface area contributed by atoms with Gasteiger partial charge < -0.3 is 14.4 Å². The topological polar surface area (TPSA) is 55.8 Å². The first-order valence-corrected chi connectivity index (χ1v) is 7.25. The lowest BCUT2D eigenvalue weighted by molar-refractivity contribution is -0.145. The van der Waals surface area contributed by atoms with Crippen LogP contribution in [-0.2, 0) is 14.3 Å². The zero-order valence-electron chi connectivity index (χ0n) is 13.9. The van der Waals surface area contributed by atoms with E-state index in [0.717, 1.165) is 0 Å². The zero-order chi connectivity index (χ0) is 15.9. The maximum absolute atomic E-state index is 12.2. The first kappa shape index (κ1) is 18.7. The molecule has 0 radical (unpaired) electrons. The highest BCUT2D eigenvalue weighted by atomic mass is 16.6. The highest BCUT2D eigenvalue weighted by Crippen LogP contribution is 2.29. The fourth-order valence-electron chi connectivity index (χ4n) is 2.10. The monoisotopic (exact) mass is 287 g/mol. The molecule has 0 bridgehead atoms. The summed E-state index contributed by atoms with van der Waals surface area (Å²) in [4.78, 5) is 25.6. The Morgan fingerprint density at radius 3 is 1.90 bits per heavy atom. The predicted octanol–water partition coefficient (Wildman–Crippen LogP) is 3.22. The number of rotatable bonds is 6. The van der Waals surface area contributed by atoms with Crippen LogP contribution in [-0.4, -0.2) is 42.3 Å². The summed E-state index contributed by atoms with van der Waals surface area (Å²) in [5, 5.41) is 0. The Kier molecular flexibility index (Phi) is 7.61. The van der Waals surface area contributed by atoms with Crippen LogP contribution in [0.3, 0.4) is 0 Å². The van der Waals surface area contributed by atoms with Crippen molar-refractivity contribution in [2.24, 2.45) is 5.41 Å². The number of carbonyl (C=O) groups is 2. The van der Waals surface area contributed by atoms with Crippen molar-refractivity contribution in [3.63, 3.8) is 0 Å². The first-order valence-electron chi connectivity index (χ1n) is 7.25. The van der Waals surface area contributed by atoms with Crippen molar-refractivity contribution in [3.05, 3.63) is 0 Å². The van der Waals surface area contributed by atoms with E-state index >= 15 is 0 Å². The van der Waals surface area contributed by atoms with Crippen molar-refractivity contribution in [2.75, 3.05) is 13.2 Å². The van der Waals surface area contributed by atoms with Gasteiger partial charge in [-0.1, -0.05) is 20.8 Å². The van der Waals surface area contributed by atoms with Gasteiger partial charge in [0.1, 0.15) is 0 Å². The molecule has 0 aliphatic heterocycles. The summed E-state index contributed by atoms with van der Waals surface area (Å²) in [5.41, 5.74) is -0.246. The van der Waals surface area contributed by atoms with Crippen molar-refractivity contribution in [2.45, 2.75) is 67.0 Å². The Labute approximate surface area is 122 Å². The maximum Gasteiger partial charge on any atom is 0.410 e. The number of carbonyl (C=O) groups excluding carboxylic acids is 2. The lowest BCUT2D eigenvalue weighted by Crippen LogP contribution is -2.52. The third kappa shape index (κ3) is 5.80. The van der Waals surface area contributed by atoms with E-state index in [1.54, 1.807) is 18.7 Å². The van der Waals surface area contributed by atoms with Gasteiger partial charge in [-0.3, -0.25) is 4.79 Å². The van der Waals surface area contributed by atoms with Gasteiger partial charge in [-0.25, -0.2) is 4.79 Å². The molecule has 0 spiro atoms. The van der Waals surface area contributed by atoms with Crippen molar-refractivity contribution < 1.29 is 19.1 Å². The summed E-state index contributed by atoms with van der Waals surface area (Å²) >= 11 is 0. The molecule has 0 aromatic carbocycles. The van der Waals surface area contributed by atoms with Crippen molar-refractivity contribution in [1.29, 1.82) is 0 Å². The lowest BCUT2D eigenvalue weighted by Gasteiger charge is -2.41. The molecule has 0 aliphatic carbocycles. The average molecular weight is 287 g/mol. The van der Waals surface area contributed by atoms with Crippen LogP contribution in [0.25, 0.3) is 0 Å². The second-order valence-electron chi connectivity index (χ2n) is 6.09. The number of nitrogens with zero attached hydrogens (tertiary/aromatic N) is 1. The fraction of sp³-hybridized carbons (Fsp3) is 0.867. The molecule has 1 unspecified atom stereocenters. The molecule has 0 aromatic rings. The highest BCUT2D eigenvalue weighted by Gasteiger charge is 2.37. The molecule has 5 nitrogen and oxygen atoms in total. The normalized spacial score (nSPS) is 13.0. The summed E-state index contributed by atoms with van der Waals surface area (Å²) in [6.45, 7) is 14.1. The second kappa shape index (κ2) is 8.12. The van der Waals surface area contributed by atoms with E-state index in [4.69, 9.17) is 9.47 Å². The van der Waals surface area contributed by atoms with Gasteiger partial charge in [-0.2, -0.15) is 0 Å². The Hall–Kier alpha value is -1.26. The standard InChI is InChI=1S/C15H29NO4/c1-8-19-13(17)10-12(15(5,6)7)16(11(3)4)14(18)20-9-2/h11-12H,8-10H2,1-7H3. The van der Waals surface area contributed by atoms with Crippen LogP contribution < -0.4 is 0 Å². The van der Waals surface area contributed by atoms with E-state index in [0.29, 0.717) is 13.2 Å². The molecule has 0 rings (SSSR count). The van der Waals surface area contributed by atoms with Gasteiger partial charge in [0.15, 0.2) is 0 Å². The maximum atomic E-state index is 12.2. The molecule has 1 amide bonds. The SMILES string of the molecule is CCOC(=O)CC(N(C(=O)OCC)C(C)C)C(C)(C)C. The summed E-state index contributed by atoms with van der Waals surface area (Å²) in [5.74, 6) is -0.289. The number of hydrogen-bond acceptors (Lipinski definition) is 4. The molecule has 5 heteroatoms. The largest absolute Gasteiger partial charge is 0.466 e. The molecule has 1 atom stereocenters. The number of amides is 1. The van der Waals surface area contributed by atoms with Crippen LogP contribution in [0.1, 0.15) is 54.9 Å². The van der Waals surface area contributed by atoms with Crippen molar-refractivity contribution in [1.82, 2.24) is 4.90 Å². The molecule has 0 saturated carbocycles. The molecule has 20 heavy (non-hydrogen) atoms. The van der Waals surface area contributed by atoms with Gasteiger partial charge in [0.2, 0.25) is 0 Å². The Balaban J connectivity index is 5.23. The lowest BCUT2D eigenvalue weighted by atomic mass is 9.83. The van der Waals surface area contributed by atoms with Gasteiger partial charge >= 0.3 is 12.1 Å². The third-order valence-electron chi connectivity index (χ3n) is 3.04. The summed E-state index contributed by atoms with van der Waals surface area (Å²) in [6.07, 6.45) is -0.208. The van der Waals surface area contributed by atoms with Crippen LogP contribution in [0.2, 0.25) is 0 Å². The predicted molar refractivity (Wildman–Crippen MR) is 78.5 cm³/mol. The fourth-order valence-corrected chi connectivity index (χ4v) is 2.10. The highest BCUT2D eigenvalue weighted by molar-refractivity contribution is 5.73. The number of hydrogen-bond donors (Lipinski definition) is 0. The van der Waals surface area contributed by atoms with Crippen LogP contribution >= 0.6 is 0 Å². The molecule has 0 N–H and O–H groups in total. The van der Waals surface area contributed by atoms with E-state index in [9.17, 15) is 9.59 Å². The molecular weight excluding hydrogens is 258 g/mol. The Morgan fingerprint density at radius 1 is 1.05 bits per heavy atom. The molecule has 0 fully saturated rings. The van der Waals surface area contributed by atoms with E-state index in [1.165, 1.54) is 0 Å². The summed E-state index contributed by atoms with van der Waals surface area (Å²) < 4.78 is 10.1. The summed E-state index contributed by atoms with van der Waals surface area (Å²) in [7, 11) is 0. The summed E-state index contributed by atoms with van der Waals surface area (Å²) in [6, 6.07) is -0.312.